The third-order valence-electron chi connectivity index (χ3n) is 12.2. The third-order valence-corrected chi connectivity index (χ3v) is 12.2. The van der Waals surface area contributed by atoms with Gasteiger partial charge in [-0.25, -0.2) is 4.98 Å². The van der Waals surface area contributed by atoms with E-state index < -0.39 is 47.6 Å². The zero-order valence-corrected chi connectivity index (χ0v) is 42.6. The van der Waals surface area contributed by atoms with Crippen LogP contribution in [0.3, 0.4) is 0 Å². The van der Waals surface area contributed by atoms with E-state index in [0.29, 0.717) is 83.9 Å². The van der Waals surface area contributed by atoms with E-state index in [9.17, 15) is 5.11 Å². The Kier molecular flexibility index (Phi) is 10.1. The van der Waals surface area contributed by atoms with Crippen LogP contribution < -0.4 is 0 Å². The number of nitrogens with zero attached hydrogens (tertiary/aromatic N) is 3. The Labute approximate surface area is 422 Å². The van der Waals surface area contributed by atoms with Gasteiger partial charge < -0.3 is 5.11 Å². The summed E-state index contributed by atoms with van der Waals surface area (Å²) in [5, 5.41) is 12.6. The van der Waals surface area contributed by atoms with Gasteiger partial charge in [0, 0.05) is 45.4 Å². The van der Waals surface area contributed by atoms with Crippen molar-refractivity contribution in [1.29, 1.82) is 0 Å². The van der Waals surface area contributed by atoms with Crippen LogP contribution >= 0.6 is 0 Å². The first-order valence-electron chi connectivity index (χ1n) is 27.3. The number of rotatable bonds is 8. The van der Waals surface area contributed by atoms with Crippen LogP contribution in [0.2, 0.25) is 0 Å². The fourth-order valence-electron chi connectivity index (χ4n) is 8.25. The van der Waals surface area contributed by atoms with Crippen LogP contribution in [-0.2, 0) is 37.3 Å². The molecule has 0 amide bonds. The minimum atomic E-state index is -2.66. The van der Waals surface area contributed by atoms with Gasteiger partial charge in [-0.3, -0.25) is 9.55 Å². The Morgan fingerprint density at radius 3 is 1.91 bits per heavy atom. The number of aromatic hydroxyl groups is 1. The van der Waals surface area contributed by atoms with E-state index in [1.165, 1.54) is 0 Å². The number of imidazole rings is 1. The normalized spacial score (nSPS) is 15.0. The van der Waals surface area contributed by atoms with E-state index in [-0.39, 0.29) is 55.4 Å². The molecule has 0 aliphatic carbocycles. The number of aryl methyl sites for hydroxylation is 1. The van der Waals surface area contributed by atoms with Crippen LogP contribution in [0.4, 0.5) is 0 Å². The predicted molar refractivity (Wildman–Crippen MR) is 276 cm³/mol. The summed E-state index contributed by atoms with van der Waals surface area (Å²) in [4.78, 5) is 10.2. The first kappa shape index (κ1) is 36.5. The van der Waals surface area contributed by atoms with Gasteiger partial charge in [0.15, 0.2) is 0 Å². The van der Waals surface area contributed by atoms with Gasteiger partial charge >= 0.3 is 0 Å². The standard InChI is InChI=1S/C61H66N3O.Pt/c1-37(2)43-28-44(38(3)4)30-45(29-43)41-23-24-54(39(5)27-41)64-55-22-18-21-50(56(55)63-58(64)51-35-49(60(9,10)11)36-52(57(51)65)61(12,13)14)46-31-47(33-48(32-46)59(6,7)8)53-34-42(25-26-62-53)40-19-16-15-17-20-40;/h15-30,32-38,65H,1-14H3;/q-1;/i5D3,15D,16D,17D,19D,20D,37D,38D;. The molecule has 2 aromatic heterocycles. The predicted octanol–water partition coefficient (Wildman–Crippen LogP) is 16.7. The summed E-state index contributed by atoms with van der Waals surface area (Å²) in [7, 11) is 0. The third kappa shape index (κ3) is 9.63. The van der Waals surface area contributed by atoms with E-state index in [1.807, 2.05) is 92.1 Å². The molecule has 0 atom stereocenters. The minimum absolute atomic E-state index is 0. The van der Waals surface area contributed by atoms with Crippen LogP contribution in [0, 0.1) is 12.9 Å². The van der Waals surface area contributed by atoms with E-state index in [4.69, 9.17) is 23.7 Å². The zero-order chi connectivity index (χ0) is 55.4. The molecule has 6 aromatic carbocycles. The molecule has 342 valence electrons. The molecule has 66 heavy (non-hydrogen) atoms. The van der Waals surface area contributed by atoms with Crippen molar-refractivity contribution in [3.05, 3.63) is 167 Å². The number of hydrogen-bond donors (Lipinski definition) is 1. The van der Waals surface area contributed by atoms with Crippen molar-refractivity contribution in [2.24, 2.45) is 0 Å². The van der Waals surface area contributed by atoms with Crippen LogP contribution in [0.1, 0.15) is 149 Å². The number of fused-ring (bicyclic) bond motifs is 1. The fraction of sp³-hybridized carbons (Fsp3) is 0.311. The van der Waals surface area contributed by atoms with Crippen LogP contribution in [-0.4, -0.2) is 19.6 Å². The van der Waals surface area contributed by atoms with Crippen molar-refractivity contribution in [3.8, 4) is 67.5 Å². The van der Waals surface area contributed by atoms with Gasteiger partial charge in [-0.2, -0.15) is 0 Å². The SMILES string of the molecule is [2H]c1c([2H])c([2H])c(-c2ccnc(-c3[c-]c(-c4cccc5c4nc(-c4cc(C(C)(C)C)cc(C(C)(C)C)c4O)n5-c4ccc(-c5cc(C([2H])(C)C)cc(C([2H])(C)C)c5)cc4C([2H])([2H])[2H])cc(C(C)(C)C)c3)c2)c([2H])c1[2H].[Pt]. The molecule has 0 bridgehead atoms. The van der Waals surface area contributed by atoms with Crippen molar-refractivity contribution in [1.82, 2.24) is 14.5 Å². The maximum Gasteiger partial charge on any atom is 0.148 e. The van der Waals surface area contributed by atoms with Gasteiger partial charge in [-0.1, -0.05) is 180 Å². The van der Waals surface area contributed by atoms with Gasteiger partial charge in [-0.15, -0.1) is 29.3 Å². The van der Waals surface area contributed by atoms with Gasteiger partial charge in [0.25, 0.3) is 0 Å². The minimum Gasteiger partial charge on any atom is -0.507 e. The second-order valence-corrected chi connectivity index (χ2v) is 20.8. The summed E-state index contributed by atoms with van der Waals surface area (Å²) in [6, 6.07) is 29.7. The van der Waals surface area contributed by atoms with Gasteiger partial charge in [-0.05, 0) is 110 Å². The van der Waals surface area contributed by atoms with Crippen molar-refractivity contribution in [2.75, 3.05) is 0 Å². The molecule has 8 aromatic rings. The fourth-order valence-corrected chi connectivity index (χ4v) is 8.25. The summed E-state index contributed by atoms with van der Waals surface area (Å²) in [5.74, 6) is -1.66. The topological polar surface area (TPSA) is 50.9 Å². The summed E-state index contributed by atoms with van der Waals surface area (Å²) < 4.78 is 89.4. The van der Waals surface area contributed by atoms with Crippen molar-refractivity contribution >= 4 is 11.0 Å². The quantitative estimate of drug-likeness (QED) is 0.154. The smallest absolute Gasteiger partial charge is 0.148 e. The summed E-state index contributed by atoms with van der Waals surface area (Å²) in [6.07, 6.45) is 1.55. The Morgan fingerprint density at radius 1 is 0.652 bits per heavy atom. The maximum absolute atomic E-state index is 12.6. The molecule has 4 nitrogen and oxygen atoms in total. The molecule has 0 unspecified atom stereocenters. The first-order chi connectivity index (χ1) is 34.5. The number of aromatic nitrogens is 3. The van der Waals surface area contributed by atoms with Crippen LogP contribution in [0.5, 0.6) is 5.75 Å². The van der Waals surface area contributed by atoms with Crippen molar-refractivity contribution in [2.45, 2.75) is 125 Å². The largest absolute Gasteiger partial charge is 0.507 e. The average Bonchev–Trinajstić information content (AvgIpc) is 3.70. The Hall–Kier alpha value is -5.57. The second-order valence-electron chi connectivity index (χ2n) is 20.8. The summed E-state index contributed by atoms with van der Waals surface area (Å²) in [5.41, 5.74) is 8.66. The van der Waals surface area contributed by atoms with E-state index >= 15 is 0 Å². The summed E-state index contributed by atoms with van der Waals surface area (Å²) in [6.45, 7) is 23.2. The molecule has 1 N–H and O–H groups in total. The average molecular weight is 1060 g/mol. The molecule has 0 spiro atoms. The molecule has 2 heterocycles. The van der Waals surface area contributed by atoms with Gasteiger partial charge in [0.1, 0.15) is 11.6 Å². The van der Waals surface area contributed by atoms with E-state index in [0.717, 1.165) is 11.1 Å². The van der Waals surface area contributed by atoms with Crippen LogP contribution in [0.15, 0.2) is 127 Å². The van der Waals surface area contributed by atoms with E-state index in [2.05, 4.69) is 47.6 Å². The Bertz CT molecular complexity index is 3520. The Morgan fingerprint density at radius 2 is 1.29 bits per heavy atom. The van der Waals surface area contributed by atoms with Gasteiger partial charge in [0.2, 0.25) is 0 Å². The van der Waals surface area contributed by atoms with Crippen molar-refractivity contribution in [3.63, 3.8) is 0 Å². The number of benzene rings is 6. The second kappa shape index (κ2) is 18.3. The molecule has 0 aliphatic rings. The molecular weight excluding hydrogens is 986 g/mol. The number of para-hydroxylation sites is 1. The molecule has 0 radical (unpaired) electrons. The first-order valence-corrected chi connectivity index (χ1v) is 22.3. The molecule has 0 saturated heterocycles. The number of phenolic OH excluding ortho intramolecular Hbond substituents is 1. The zero-order valence-electron chi connectivity index (χ0n) is 50.3. The Balaban J connectivity index is 0.00000840. The molecule has 0 fully saturated rings. The number of hydrogen-bond acceptors (Lipinski definition) is 3. The number of pyridine rings is 1. The monoisotopic (exact) mass is 1060 g/mol. The molecule has 0 aliphatic heterocycles. The molecule has 8 rings (SSSR count). The number of phenols is 1. The van der Waals surface area contributed by atoms with Crippen LogP contribution in [0.25, 0.3) is 72.7 Å². The summed E-state index contributed by atoms with van der Waals surface area (Å²) >= 11 is 0. The molecular formula is C61H66N3OPt-. The molecule has 5 heteroatoms. The van der Waals surface area contributed by atoms with Crippen molar-refractivity contribution < 1.29 is 39.9 Å². The molecule has 0 saturated carbocycles. The van der Waals surface area contributed by atoms with Gasteiger partial charge in [0.05, 0.1) is 29.1 Å². The maximum atomic E-state index is 12.6. The van der Waals surface area contributed by atoms with E-state index in [1.54, 1.807) is 58.2 Å².